The molecule has 0 aliphatic heterocycles. The van der Waals surface area contributed by atoms with Crippen LogP contribution in [0.2, 0.25) is 5.02 Å². The smallest absolute Gasteiger partial charge is 0.255 e. The Balaban J connectivity index is 1.86. The summed E-state index contributed by atoms with van der Waals surface area (Å²) in [5, 5.41) is 4.05. The fourth-order valence-electron chi connectivity index (χ4n) is 1.43. The van der Waals surface area contributed by atoms with Gasteiger partial charge in [-0.1, -0.05) is 11.6 Å². The van der Waals surface area contributed by atoms with Crippen LogP contribution in [0, 0.1) is 0 Å². The van der Waals surface area contributed by atoms with Crippen molar-refractivity contribution in [3.8, 4) is 0 Å². The van der Waals surface area contributed by atoms with E-state index < -0.39 is 22.5 Å². The first-order chi connectivity index (χ1) is 10.5. The molecule has 0 saturated carbocycles. The highest BCUT2D eigenvalue weighted by molar-refractivity contribution is 7.89. The average Bonchev–Trinajstić information content (AvgIpc) is 2.99. The van der Waals surface area contributed by atoms with Gasteiger partial charge in [0.15, 0.2) is 0 Å². The zero-order valence-electron chi connectivity index (χ0n) is 11.2. The van der Waals surface area contributed by atoms with Crippen molar-refractivity contribution in [1.82, 2.24) is 10.1 Å². The maximum absolute atomic E-state index is 11.9. The Morgan fingerprint density at radius 1 is 1.27 bits per heavy atom. The van der Waals surface area contributed by atoms with E-state index in [2.05, 4.69) is 15.2 Å². The number of hydrazone groups is 1. The second kappa shape index (κ2) is 7.21. The lowest BCUT2D eigenvalue weighted by atomic mass is 10.4. The van der Waals surface area contributed by atoms with Gasteiger partial charge in [0.1, 0.15) is 5.76 Å². The van der Waals surface area contributed by atoms with Crippen LogP contribution in [-0.4, -0.2) is 27.1 Å². The molecule has 1 amide bonds. The Morgan fingerprint density at radius 3 is 2.64 bits per heavy atom. The van der Waals surface area contributed by atoms with E-state index in [0.717, 1.165) is 0 Å². The summed E-state index contributed by atoms with van der Waals surface area (Å²) >= 11 is 5.69. The number of halogens is 1. The molecule has 7 nitrogen and oxygen atoms in total. The molecule has 2 rings (SSSR count). The number of carbonyl (C=O) groups excluding carboxylic acids is 1. The van der Waals surface area contributed by atoms with Crippen molar-refractivity contribution >= 4 is 33.7 Å². The maximum atomic E-state index is 11.9. The average molecular weight is 342 g/mol. The molecule has 1 aromatic heterocycles. The van der Waals surface area contributed by atoms with Gasteiger partial charge in [0, 0.05) is 5.02 Å². The summed E-state index contributed by atoms with van der Waals surface area (Å²) in [7, 11) is -3.78. The molecule has 2 N–H and O–H groups in total. The van der Waals surface area contributed by atoms with E-state index >= 15 is 0 Å². The Hall–Kier alpha value is -2.16. The molecule has 0 aliphatic carbocycles. The van der Waals surface area contributed by atoms with Crippen LogP contribution in [0.3, 0.4) is 0 Å². The predicted octanol–water partition coefficient (Wildman–Crippen LogP) is 1.36. The van der Waals surface area contributed by atoms with Crippen LogP contribution in [0.25, 0.3) is 0 Å². The molecule has 0 atom stereocenters. The lowest BCUT2D eigenvalue weighted by molar-refractivity contribution is -0.119. The summed E-state index contributed by atoms with van der Waals surface area (Å²) < 4.78 is 31.0. The number of sulfonamides is 1. The zero-order valence-corrected chi connectivity index (χ0v) is 12.8. The van der Waals surface area contributed by atoms with E-state index in [1.54, 1.807) is 12.1 Å². The summed E-state index contributed by atoms with van der Waals surface area (Å²) in [5.41, 5.74) is 2.18. The van der Waals surface area contributed by atoms with Gasteiger partial charge >= 0.3 is 0 Å². The highest BCUT2D eigenvalue weighted by atomic mass is 35.5. The van der Waals surface area contributed by atoms with Gasteiger partial charge in [-0.05, 0) is 36.4 Å². The second-order valence-corrected chi connectivity index (χ2v) is 6.29. The minimum atomic E-state index is -3.78. The molecule has 1 heterocycles. The SMILES string of the molecule is O=C(CNS(=O)(=O)c1ccc(Cl)cc1)N/N=C\c1ccco1. The van der Waals surface area contributed by atoms with E-state index in [4.69, 9.17) is 16.0 Å². The molecule has 0 aliphatic rings. The molecule has 0 unspecified atom stereocenters. The fourth-order valence-corrected chi connectivity index (χ4v) is 2.54. The van der Waals surface area contributed by atoms with Crippen molar-refractivity contribution in [2.45, 2.75) is 4.90 Å². The van der Waals surface area contributed by atoms with Gasteiger partial charge in [0.2, 0.25) is 10.0 Å². The molecule has 0 bridgehead atoms. The molecule has 0 radical (unpaired) electrons. The van der Waals surface area contributed by atoms with Gasteiger partial charge < -0.3 is 4.42 Å². The number of carbonyl (C=O) groups is 1. The Morgan fingerprint density at radius 2 is 2.00 bits per heavy atom. The lowest BCUT2D eigenvalue weighted by Gasteiger charge is -2.05. The largest absolute Gasteiger partial charge is 0.463 e. The van der Waals surface area contributed by atoms with Crippen LogP contribution in [0.1, 0.15) is 5.76 Å². The van der Waals surface area contributed by atoms with Crippen LogP contribution in [0.15, 0.2) is 57.1 Å². The summed E-state index contributed by atoms with van der Waals surface area (Å²) in [6.45, 7) is -0.444. The van der Waals surface area contributed by atoms with Crippen molar-refractivity contribution < 1.29 is 17.6 Å². The molecule has 9 heteroatoms. The number of furan rings is 1. The van der Waals surface area contributed by atoms with E-state index in [9.17, 15) is 13.2 Å². The van der Waals surface area contributed by atoms with Crippen LogP contribution in [0.4, 0.5) is 0 Å². The maximum Gasteiger partial charge on any atom is 0.255 e. The van der Waals surface area contributed by atoms with Crippen molar-refractivity contribution in [2.75, 3.05) is 6.54 Å². The topological polar surface area (TPSA) is 101 Å². The quantitative estimate of drug-likeness (QED) is 0.612. The highest BCUT2D eigenvalue weighted by Crippen LogP contribution is 2.13. The monoisotopic (exact) mass is 341 g/mol. The number of amides is 1. The summed E-state index contributed by atoms with van der Waals surface area (Å²) in [6.07, 6.45) is 2.76. The number of hydrogen-bond acceptors (Lipinski definition) is 5. The van der Waals surface area contributed by atoms with Crippen LogP contribution in [-0.2, 0) is 14.8 Å². The van der Waals surface area contributed by atoms with Gasteiger partial charge in [-0.15, -0.1) is 0 Å². The van der Waals surface area contributed by atoms with Crippen molar-refractivity contribution in [1.29, 1.82) is 0 Å². The highest BCUT2D eigenvalue weighted by Gasteiger charge is 2.14. The van der Waals surface area contributed by atoms with Crippen LogP contribution < -0.4 is 10.1 Å². The lowest BCUT2D eigenvalue weighted by Crippen LogP contribution is -2.34. The molecular weight excluding hydrogens is 330 g/mol. The number of benzene rings is 1. The third-order valence-corrected chi connectivity index (χ3v) is 4.14. The summed E-state index contributed by atoms with van der Waals surface area (Å²) in [6, 6.07) is 8.91. The third kappa shape index (κ3) is 4.69. The molecular formula is C13H12ClN3O4S. The first-order valence-corrected chi connectivity index (χ1v) is 7.94. The molecule has 1 aromatic carbocycles. The Bertz CT molecular complexity index is 755. The minimum absolute atomic E-state index is 0.0174. The summed E-state index contributed by atoms with van der Waals surface area (Å²) in [4.78, 5) is 11.5. The summed E-state index contributed by atoms with van der Waals surface area (Å²) in [5.74, 6) is -0.151. The second-order valence-electron chi connectivity index (χ2n) is 4.09. The van der Waals surface area contributed by atoms with Gasteiger partial charge in [0.25, 0.3) is 5.91 Å². The first kappa shape index (κ1) is 16.2. The molecule has 0 fully saturated rings. The Labute approximate surface area is 132 Å². The van der Waals surface area contributed by atoms with Crippen LogP contribution >= 0.6 is 11.6 Å². The number of nitrogens with one attached hydrogen (secondary N) is 2. The minimum Gasteiger partial charge on any atom is -0.463 e. The molecule has 0 spiro atoms. The van der Waals surface area contributed by atoms with E-state index in [1.807, 2.05) is 0 Å². The normalized spacial score (nSPS) is 11.7. The van der Waals surface area contributed by atoms with E-state index in [0.29, 0.717) is 10.8 Å². The van der Waals surface area contributed by atoms with Crippen molar-refractivity contribution in [2.24, 2.45) is 5.10 Å². The van der Waals surface area contributed by atoms with Crippen molar-refractivity contribution in [3.63, 3.8) is 0 Å². The number of nitrogens with zero attached hydrogens (tertiary/aromatic N) is 1. The number of rotatable bonds is 6. The first-order valence-electron chi connectivity index (χ1n) is 6.08. The zero-order chi connectivity index (χ0) is 16.0. The van der Waals surface area contributed by atoms with Crippen LogP contribution in [0.5, 0.6) is 0 Å². The predicted molar refractivity (Wildman–Crippen MR) is 81.1 cm³/mol. The Kier molecular flexibility index (Phi) is 5.31. The van der Waals surface area contributed by atoms with Gasteiger partial charge in [-0.3, -0.25) is 4.79 Å². The molecule has 2 aromatic rings. The molecule has 0 saturated heterocycles. The van der Waals surface area contributed by atoms with Gasteiger partial charge in [0.05, 0.1) is 23.9 Å². The third-order valence-electron chi connectivity index (χ3n) is 2.47. The van der Waals surface area contributed by atoms with Gasteiger partial charge in [-0.2, -0.15) is 5.10 Å². The number of hydrogen-bond donors (Lipinski definition) is 2. The standard InChI is InChI=1S/C13H12ClN3O4S/c14-10-3-5-12(6-4-10)22(19,20)16-9-13(18)17-15-8-11-2-1-7-21-11/h1-8,16H,9H2,(H,17,18)/b15-8-. The fraction of sp³-hybridized carbons (Fsp3) is 0.0769. The molecule has 22 heavy (non-hydrogen) atoms. The van der Waals surface area contributed by atoms with E-state index in [1.165, 1.54) is 36.7 Å². The molecule has 116 valence electrons. The van der Waals surface area contributed by atoms with Gasteiger partial charge in [-0.25, -0.2) is 18.6 Å². The van der Waals surface area contributed by atoms with Crippen molar-refractivity contribution in [3.05, 3.63) is 53.4 Å². The van der Waals surface area contributed by atoms with E-state index in [-0.39, 0.29) is 4.90 Å².